The summed E-state index contributed by atoms with van der Waals surface area (Å²) < 4.78 is 10.8. The molecule has 0 aliphatic carbocycles. The summed E-state index contributed by atoms with van der Waals surface area (Å²) in [6.07, 6.45) is 0. The molecule has 0 atom stereocenters. The van der Waals surface area contributed by atoms with Crippen molar-refractivity contribution < 1.29 is 23.9 Å². The monoisotopic (exact) mass is 486 g/mol. The number of aryl methyl sites for hydroxylation is 1. The average molecular weight is 487 g/mol. The van der Waals surface area contributed by atoms with Gasteiger partial charge in [0.2, 0.25) is 5.91 Å². The maximum atomic E-state index is 12.7. The minimum Gasteiger partial charge on any atom is -0.482 e. The summed E-state index contributed by atoms with van der Waals surface area (Å²) in [6.45, 7) is 5.51. The molecule has 0 unspecified atom stereocenters. The van der Waals surface area contributed by atoms with Crippen molar-refractivity contribution in [3.05, 3.63) is 39.7 Å². The Morgan fingerprint density at radius 2 is 2.15 bits per heavy atom. The summed E-state index contributed by atoms with van der Waals surface area (Å²) in [6, 6.07) is 5.41. The van der Waals surface area contributed by atoms with Gasteiger partial charge in [0.25, 0.3) is 5.91 Å². The molecule has 172 valence electrons. The molecule has 0 radical (unpaired) electrons. The lowest BCUT2D eigenvalue weighted by Crippen LogP contribution is -2.43. The van der Waals surface area contributed by atoms with E-state index in [-0.39, 0.29) is 30.1 Å². The van der Waals surface area contributed by atoms with E-state index in [0.717, 1.165) is 22.6 Å². The van der Waals surface area contributed by atoms with Crippen LogP contribution in [0.5, 0.6) is 5.75 Å². The minimum atomic E-state index is -0.467. The van der Waals surface area contributed by atoms with E-state index in [4.69, 9.17) is 9.47 Å². The molecule has 1 aromatic carbocycles. The number of benzene rings is 1. The van der Waals surface area contributed by atoms with Crippen LogP contribution in [0.1, 0.15) is 29.2 Å². The fraction of sp³-hybridized carbons (Fsp3) is 0.318. The number of anilines is 2. The maximum Gasteiger partial charge on any atom is 0.350 e. The molecule has 0 spiro atoms. The SMILES string of the molecule is Cc1nc(NC(=O)CN2C(=O)COc3ccc(-c4cscn4)cc32)sc1C(=O)OCC(C)C. The third-order valence-electron chi connectivity index (χ3n) is 4.71. The van der Waals surface area contributed by atoms with Crippen LogP contribution in [0.2, 0.25) is 0 Å². The Hall–Kier alpha value is -3.31. The van der Waals surface area contributed by atoms with Crippen LogP contribution in [0.3, 0.4) is 0 Å². The van der Waals surface area contributed by atoms with Crippen LogP contribution < -0.4 is 15.0 Å². The maximum absolute atomic E-state index is 12.7. The Kier molecular flexibility index (Phi) is 6.70. The first-order valence-corrected chi connectivity index (χ1v) is 12.0. The topological polar surface area (TPSA) is 111 Å². The standard InChI is InChI=1S/C22H22N4O5S2/c1-12(2)8-31-21(29)20-13(3)24-22(33-20)25-18(27)7-26-16-6-14(15-10-32-11-23-15)4-5-17(16)30-9-19(26)28/h4-6,10-12H,7-9H2,1-3H3,(H,24,25,27). The number of nitrogens with zero attached hydrogens (tertiary/aromatic N) is 3. The normalized spacial score (nSPS) is 13.0. The molecule has 9 nitrogen and oxygen atoms in total. The number of esters is 1. The van der Waals surface area contributed by atoms with E-state index in [1.54, 1.807) is 24.6 Å². The number of amides is 2. The molecule has 1 N–H and O–H groups in total. The number of thiazole rings is 2. The van der Waals surface area contributed by atoms with Gasteiger partial charge in [-0.25, -0.2) is 14.8 Å². The van der Waals surface area contributed by atoms with Gasteiger partial charge in [-0.05, 0) is 31.0 Å². The Bertz CT molecular complexity index is 1190. The van der Waals surface area contributed by atoms with Gasteiger partial charge in [-0.3, -0.25) is 14.5 Å². The van der Waals surface area contributed by atoms with Crippen LogP contribution in [0, 0.1) is 12.8 Å². The highest BCUT2D eigenvalue weighted by atomic mass is 32.1. The first-order valence-electron chi connectivity index (χ1n) is 10.2. The van der Waals surface area contributed by atoms with Crippen molar-refractivity contribution in [3.8, 4) is 17.0 Å². The number of fused-ring (bicyclic) bond motifs is 1. The summed E-state index contributed by atoms with van der Waals surface area (Å²) >= 11 is 2.51. The number of rotatable bonds is 7. The molecule has 4 rings (SSSR count). The van der Waals surface area contributed by atoms with E-state index in [1.807, 2.05) is 25.3 Å². The van der Waals surface area contributed by atoms with E-state index in [2.05, 4.69) is 15.3 Å². The van der Waals surface area contributed by atoms with Gasteiger partial charge < -0.3 is 14.8 Å². The van der Waals surface area contributed by atoms with Gasteiger partial charge >= 0.3 is 5.97 Å². The van der Waals surface area contributed by atoms with Crippen LogP contribution in [0.15, 0.2) is 29.1 Å². The molecule has 0 saturated heterocycles. The third-order valence-corrected chi connectivity index (χ3v) is 6.35. The molecule has 2 amide bonds. The second-order valence-corrected chi connectivity index (χ2v) is 9.52. The molecular formula is C22H22N4O5S2. The summed E-state index contributed by atoms with van der Waals surface area (Å²) in [5, 5.41) is 4.85. The Morgan fingerprint density at radius 3 is 2.88 bits per heavy atom. The van der Waals surface area contributed by atoms with E-state index >= 15 is 0 Å². The van der Waals surface area contributed by atoms with Crippen LogP contribution in [-0.4, -0.2) is 47.5 Å². The lowest BCUT2D eigenvalue weighted by Gasteiger charge is -2.29. The molecule has 11 heteroatoms. The molecule has 33 heavy (non-hydrogen) atoms. The van der Waals surface area contributed by atoms with Gasteiger partial charge in [-0.15, -0.1) is 11.3 Å². The quantitative estimate of drug-likeness (QED) is 0.506. The average Bonchev–Trinajstić information content (AvgIpc) is 3.44. The zero-order chi connectivity index (χ0) is 23.5. The van der Waals surface area contributed by atoms with Crippen molar-refractivity contribution in [3.63, 3.8) is 0 Å². The number of ether oxygens (including phenoxy) is 2. The molecule has 1 aliphatic rings. The highest BCUT2D eigenvalue weighted by Gasteiger charge is 2.28. The lowest BCUT2D eigenvalue weighted by atomic mass is 10.1. The molecule has 2 aromatic heterocycles. The summed E-state index contributed by atoms with van der Waals surface area (Å²) in [7, 11) is 0. The fourth-order valence-corrected chi connectivity index (χ4v) is 4.58. The number of carbonyl (C=O) groups excluding carboxylic acids is 3. The van der Waals surface area contributed by atoms with Gasteiger partial charge in [0.05, 0.1) is 29.2 Å². The lowest BCUT2D eigenvalue weighted by molar-refractivity contribution is -0.123. The Morgan fingerprint density at radius 1 is 1.33 bits per heavy atom. The van der Waals surface area contributed by atoms with Crippen molar-refractivity contribution in [2.45, 2.75) is 20.8 Å². The van der Waals surface area contributed by atoms with Crippen molar-refractivity contribution in [1.82, 2.24) is 9.97 Å². The second-order valence-electron chi connectivity index (χ2n) is 7.80. The van der Waals surface area contributed by atoms with Crippen LogP contribution >= 0.6 is 22.7 Å². The summed E-state index contributed by atoms with van der Waals surface area (Å²) in [4.78, 5) is 47.8. The first-order chi connectivity index (χ1) is 15.8. The number of carbonyl (C=O) groups is 3. The Balaban J connectivity index is 1.48. The number of hydrogen-bond acceptors (Lipinski definition) is 9. The third kappa shape index (κ3) is 5.20. The smallest absolute Gasteiger partial charge is 0.350 e. The zero-order valence-corrected chi connectivity index (χ0v) is 19.9. The molecule has 0 saturated carbocycles. The zero-order valence-electron chi connectivity index (χ0n) is 18.3. The molecule has 3 heterocycles. The summed E-state index contributed by atoms with van der Waals surface area (Å²) in [5.41, 5.74) is 4.30. The highest BCUT2D eigenvalue weighted by Crippen LogP contribution is 2.36. The number of hydrogen-bond donors (Lipinski definition) is 1. The highest BCUT2D eigenvalue weighted by molar-refractivity contribution is 7.17. The van der Waals surface area contributed by atoms with E-state index in [0.29, 0.717) is 28.6 Å². The van der Waals surface area contributed by atoms with Crippen molar-refractivity contribution in [2.24, 2.45) is 5.92 Å². The van der Waals surface area contributed by atoms with Crippen molar-refractivity contribution in [1.29, 1.82) is 0 Å². The molecule has 0 fully saturated rings. The van der Waals surface area contributed by atoms with Gasteiger partial charge in [0.1, 0.15) is 17.2 Å². The van der Waals surface area contributed by atoms with E-state index in [1.165, 1.54) is 16.2 Å². The van der Waals surface area contributed by atoms with Gasteiger partial charge in [-0.1, -0.05) is 25.2 Å². The minimum absolute atomic E-state index is 0.154. The molecule has 1 aliphatic heterocycles. The first kappa shape index (κ1) is 22.9. The molecule has 0 bridgehead atoms. The van der Waals surface area contributed by atoms with Gasteiger partial charge in [0.15, 0.2) is 11.7 Å². The second kappa shape index (κ2) is 9.67. The molecule has 3 aromatic rings. The van der Waals surface area contributed by atoms with Crippen LogP contribution in [0.4, 0.5) is 10.8 Å². The number of nitrogens with one attached hydrogen (secondary N) is 1. The van der Waals surface area contributed by atoms with E-state index < -0.39 is 11.9 Å². The van der Waals surface area contributed by atoms with Crippen molar-refractivity contribution >= 4 is 51.3 Å². The van der Waals surface area contributed by atoms with Crippen LogP contribution in [-0.2, 0) is 14.3 Å². The fourth-order valence-electron chi connectivity index (χ4n) is 3.14. The van der Waals surface area contributed by atoms with Crippen LogP contribution in [0.25, 0.3) is 11.3 Å². The molecular weight excluding hydrogens is 464 g/mol. The van der Waals surface area contributed by atoms with Crippen molar-refractivity contribution in [2.75, 3.05) is 30.0 Å². The van der Waals surface area contributed by atoms with Gasteiger partial charge in [0, 0.05) is 10.9 Å². The largest absolute Gasteiger partial charge is 0.482 e. The summed E-state index contributed by atoms with van der Waals surface area (Å²) in [5.74, 6) is -0.508. The predicted octanol–water partition coefficient (Wildman–Crippen LogP) is 3.75. The number of aromatic nitrogens is 2. The van der Waals surface area contributed by atoms with Gasteiger partial charge in [-0.2, -0.15) is 0 Å². The van der Waals surface area contributed by atoms with E-state index in [9.17, 15) is 14.4 Å². The Labute approximate surface area is 198 Å². The predicted molar refractivity (Wildman–Crippen MR) is 126 cm³/mol.